The van der Waals surface area contributed by atoms with Gasteiger partial charge in [-0.1, -0.05) is 48.0 Å². The van der Waals surface area contributed by atoms with Crippen LogP contribution in [0.5, 0.6) is 0 Å². The number of rotatable bonds is 2. The number of hydrogen-bond donors (Lipinski definition) is 0. The van der Waals surface area contributed by atoms with Crippen LogP contribution in [0.25, 0.3) is 10.8 Å². The van der Waals surface area contributed by atoms with Gasteiger partial charge >= 0.3 is 0 Å². The number of nitrogens with zero attached hydrogens (tertiary/aromatic N) is 1. The lowest BCUT2D eigenvalue weighted by molar-refractivity contribution is -0.687. The second kappa shape index (κ2) is 5.85. The molecular formula is C17H16ClN. The molecule has 0 amide bonds. The van der Waals surface area contributed by atoms with Crippen molar-refractivity contribution in [3.8, 4) is 0 Å². The normalized spacial score (nSPS) is 10.2. The van der Waals surface area contributed by atoms with Gasteiger partial charge in [0.15, 0.2) is 18.9 Å². The fourth-order valence-electron chi connectivity index (χ4n) is 2.18. The highest BCUT2D eigenvalue weighted by molar-refractivity contribution is 5.80. The molecule has 19 heavy (non-hydrogen) atoms. The second-order valence-electron chi connectivity index (χ2n) is 4.73. The molecule has 2 heteroatoms. The number of hydrogen-bond acceptors (Lipinski definition) is 0. The number of pyridine rings is 1. The standard InChI is InChI=1S/C17H16N.ClH/c1-14-6-8-15(9-7-14)12-18-11-10-16-4-2-3-5-17(16)13-18;/h2-11,13H,12H2,1H3;1H/q+1;/p-1. The van der Waals surface area contributed by atoms with Gasteiger partial charge in [0.2, 0.25) is 0 Å². The van der Waals surface area contributed by atoms with E-state index in [9.17, 15) is 0 Å². The smallest absolute Gasteiger partial charge is 0.176 e. The molecule has 1 aromatic heterocycles. The average Bonchev–Trinajstić information content (AvgIpc) is 2.41. The highest BCUT2D eigenvalue weighted by Crippen LogP contribution is 2.10. The lowest BCUT2D eigenvalue weighted by Crippen LogP contribution is -3.00. The molecule has 0 aliphatic carbocycles. The van der Waals surface area contributed by atoms with Crippen LogP contribution in [0, 0.1) is 6.92 Å². The van der Waals surface area contributed by atoms with Crippen molar-refractivity contribution >= 4 is 10.8 Å². The number of fused-ring (bicyclic) bond motifs is 1. The van der Waals surface area contributed by atoms with Crippen LogP contribution < -0.4 is 17.0 Å². The lowest BCUT2D eigenvalue weighted by atomic mass is 10.1. The minimum absolute atomic E-state index is 0. The molecule has 3 aromatic rings. The first-order valence-corrected chi connectivity index (χ1v) is 6.25. The third-order valence-electron chi connectivity index (χ3n) is 3.23. The van der Waals surface area contributed by atoms with Gasteiger partial charge in [0.05, 0.1) is 0 Å². The average molecular weight is 270 g/mol. The summed E-state index contributed by atoms with van der Waals surface area (Å²) in [6.07, 6.45) is 4.34. The summed E-state index contributed by atoms with van der Waals surface area (Å²) in [5.41, 5.74) is 2.64. The van der Waals surface area contributed by atoms with E-state index in [1.54, 1.807) is 0 Å². The molecule has 0 saturated carbocycles. The quantitative estimate of drug-likeness (QED) is 0.596. The van der Waals surface area contributed by atoms with Crippen molar-refractivity contribution in [1.29, 1.82) is 0 Å². The van der Waals surface area contributed by atoms with E-state index in [0.29, 0.717) is 0 Å². The van der Waals surface area contributed by atoms with Gasteiger partial charge in [0, 0.05) is 17.0 Å². The Hall–Kier alpha value is -1.86. The number of benzene rings is 2. The van der Waals surface area contributed by atoms with Crippen molar-refractivity contribution < 1.29 is 17.0 Å². The molecule has 0 N–H and O–H groups in total. The van der Waals surface area contributed by atoms with Crippen LogP contribution in [0.3, 0.4) is 0 Å². The highest BCUT2D eigenvalue weighted by Gasteiger charge is 2.03. The van der Waals surface area contributed by atoms with Gasteiger partial charge in [-0.05, 0) is 18.4 Å². The molecule has 0 unspecified atom stereocenters. The van der Waals surface area contributed by atoms with Crippen molar-refractivity contribution in [3.05, 3.63) is 78.1 Å². The van der Waals surface area contributed by atoms with Gasteiger partial charge < -0.3 is 12.4 Å². The lowest BCUT2D eigenvalue weighted by Gasteiger charge is -2.00. The Morgan fingerprint density at radius 1 is 0.842 bits per heavy atom. The zero-order valence-corrected chi connectivity index (χ0v) is 11.6. The molecular weight excluding hydrogens is 254 g/mol. The molecule has 0 spiro atoms. The molecule has 96 valence electrons. The van der Waals surface area contributed by atoms with Crippen LogP contribution in [-0.4, -0.2) is 0 Å². The summed E-state index contributed by atoms with van der Waals surface area (Å²) < 4.78 is 2.23. The number of aryl methyl sites for hydroxylation is 1. The summed E-state index contributed by atoms with van der Waals surface area (Å²) in [5, 5.41) is 2.57. The molecule has 0 radical (unpaired) electrons. The van der Waals surface area contributed by atoms with Crippen molar-refractivity contribution in [3.63, 3.8) is 0 Å². The van der Waals surface area contributed by atoms with Crippen LogP contribution >= 0.6 is 0 Å². The van der Waals surface area contributed by atoms with Crippen molar-refractivity contribution in [2.45, 2.75) is 13.5 Å². The van der Waals surface area contributed by atoms with Crippen molar-refractivity contribution in [2.75, 3.05) is 0 Å². The SMILES string of the molecule is Cc1ccc(C[n+]2ccc3ccccc3c2)cc1.[Cl-]. The summed E-state index contributed by atoms with van der Waals surface area (Å²) >= 11 is 0. The third-order valence-corrected chi connectivity index (χ3v) is 3.23. The minimum atomic E-state index is 0. The van der Waals surface area contributed by atoms with E-state index in [4.69, 9.17) is 0 Å². The van der Waals surface area contributed by atoms with Crippen molar-refractivity contribution in [1.82, 2.24) is 0 Å². The van der Waals surface area contributed by atoms with Crippen molar-refractivity contribution in [2.24, 2.45) is 0 Å². The zero-order chi connectivity index (χ0) is 12.4. The third kappa shape index (κ3) is 3.12. The van der Waals surface area contributed by atoms with Crippen LogP contribution in [0.4, 0.5) is 0 Å². The maximum absolute atomic E-state index is 2.23. The predicted molar refractivity (Wildman–Crippen MR) is 74.4 cm³/mol. The Kier molecular flexibility index (Phi) is 4.18. The first-order valence-electron chi connectivity index (χ1n) is 6.25. The first-order chi connectivity index (χ1) is 8.81. The second-order valence-corrected chi connectivity index (χ2v) is 4.73. The van der Waals surface area contributed by atoms with Gasteiger partial charge in [-0.2, -0.15) is 0 Å². The molecule has 0 bridgehead atoms. The Bertz CT molecular complexity index is 674. The molecule has 3 rings (SSSR count). The summed E-state index contributed by atoms with van der Waals surface area (Å²) in [6.45, 7) is 3.04. The molecule has 0 aliphatic rings. The highest BCUT2D eigenvalue weighted by atomic mass is 35.5. The molecule has 1 nitrogen and oxygen atoms in total. The Morgan fingerprint density at radius 3 is 2.26 bits per heavy atom. The largest absolute Gasteiger partial charge is 1.00 e. The molecule has 1 heterocycles. The fourth-order valence-corrected chi connectivity index (χ4v) is 2.18. The van der Waals surface area contributed by atoms with Gasteiger partial charge in [-0.15, -0.1) is 0 Å². The summed E-state index contributed by atoms with van der Waals surface area (Å²) in [4.78, 5) is 0. The summed E-state index contributed by atoms with van der Waals surface area (Å²) in [5.74, 6) is 0. The Morgan fingerprint density at radius 2 is 1.53 bits per heavy atom. The number of halogens is 1. The van der Waals surface area contributed by atoms with E-state index in [1.165, 1.54) is 21.9 Å². The molecule has 0 fully saturated rings. The van der Waals surface area contributed by atoms with Crippen LogP contribution in [0.2, 0.25) is 0 Å². The van der Waals surface area contributed by atoms with Crippen LogP contribution in [-0.2, 0) is 6.54 Å². The first kappa shape index (κ1) is 13.6. The van der Waals surface area contributed by atoms with Crippen LogP contribution in [0.15, 0.2) is 67.0 Å². The maximum Gasteiger partial charge on any atom is 0.176 e. The topological polar surface area (TPSA) is 3.88 Å². The summed E-state index contributed by atoms with van der Waals surface area (Å²) in [6, 6.07) is 19.3. The predicted octanol–water partition coefficient (Wildman–Crippen LogP) is 0.488. The van der Waals surface area contributed by atoms with E-state index in [1.807, 2.05) is 0 Å². The number of aromatic nitrogens is 1. The molecule has 0 saturated heterocycles. The monoisotopic (exact) mass is 269 g/mol. The summed E-state index contributed by atoms with van der Waals surface area (Å²) in [7, 11) is 0. The van der Waals surface area contributed by atoms with E-state index >= 15 is 0 Å². The van der Waals surface area contributed by atoms with E-state index in [2.05, 4.69) is 78.5 Å². The minimum Gasteiger partial charge on any atom is -1.00 e. The van der Waals surface area contributed by atoms with Gasteiger partial charge in [-0.25, -0.2) is 4.57 Å². The van der Waals surface area contributed by atoms with E-state index in [0.717, 1.165) is 6.54 Å². The Labute approximate surface area is 119 Å². The van der Waals surface area contributed by atoms with E-state index < -0.39 is 0 Å². The maximum atomic E-state index is 2.23. The van der Waals surface area contributed by atoms with Gasteiger partial charge in [0.1, 0.15) is 0 Å². The zero-order valence-electron chi connectivity index (χ0n) is 10.9. The Balaban J connectivity index is 0.00000133. The van der Waals surface area contributed by atoms with Crippen LogP contribution in [0.1, 0.15) is 11.1 Å². The molecule has 0 atom stereocenters. The molecule has 2 aromatic carbocycles. The fraction of sp³-hybridized carbons (Fsp3) is 0.118. The molecule has 0 aliphatic heterocycles. The van der Waals surface area contributed by atoms with Gasteiger partial charge in [-0.3, -0.25) is 0 Å². The van der Waals surface area contributed by atoms with E-state index in [-0.39, 0.29) is 12.4 Å². The van der Waals surface area contributed by atoms with Gasteiger partial charge in [0.25, 0.3) is 0 Å².